The first-order valence-electron chi connectivity index (χ1n) is 6.28. The van der Waals surface area contributed by atoms with Crippen LogP contribution in [-0.4, -0.2) is 56.9 Å². The van der Waals surface area contributed by atoms with Crippen molar-refractivity contribution in [1.29, 1.82) is 0 Å². The van der Waals surface area contributed by atoms with E-state index in [1.54, 1.807) is 0 Å². The van der Waals surface area contributed by atoms with E-state index in [0.717, 1.165) is 19.4 Å². The zero-order valence-electron chi connectivity index (χ0n) is 12.2. The van der Waals surface area contributed by atoms with Gasteiger partial charge in [0, 0.05) is 6.08 Å². The molecule has 0 bridgehead atoms. The van der Waals surface area contributed by atoms with E-state index in [1.807, 2.05) is 13.8 Å². The monoisotopic (exact) mass is 319 g/mol. The van der Waals surface area contributed by atoms with Crippen LogP contribution in [0, 0.1) is 5.92 Å². The molecule has 8 nitrogen and oxygen atoms in total. The minimum atomic E-state index is -3.90. The maximum Gasteiger partial charge on any atom is 0.342 e. The van der Waals surface area contributed by atoms with E-state index in [4.69, 9.17) is 13.7 Å². The maximum atomic E-state index is 12.2. The van der Waals surface area contributed by atoms with Crippen molar-refractivity contribution < 1.29 is 31.7 Å². The van der Waals surface area contributed by atoms with Gasteiger partial charge in [0.1, 0.15) is 6.23 Å². The second kappa shape index (κ2) is 4.99. The zero-order valence-corrected chi connectivity index (χ0v) is 13.0. The number of ether oxygens (including phenoxy) is 2. The Morgan fingerprint density at radius 1 is 1.52 bits per heavy atom. The van der Waals surface area contributed by atoms with Gasteiger partial charge >= 0.3 is 16.1 Å². The van der Waals surface area contributed by atoms with Crippen LogP contribution in [0.25, 0.3) is 0 Å². The molecule has 0 spiro atoms. The lowest BCUT2D eigenvalue weighted by molar-refractivity contribution is -0.156. The van der Waals surface area contributed by atoms with Crippen LogP contribution in [0.4, 0.5) is 0 Å². The predicted octanol–water partition coefficient (Wildman–Crippen LogP) is -0.387. The number of esters is 1. The molecule has 21 heavy (non-hydrogen) atoms. The minimum absolute atomic E-state index is 0.0912. The number of carbonyl (C=O) groups is 2. The van der Waals surface area contributed by atoms with Gasteiger partial charge in [-0.2, -0.15) is 8.42 Å². The second-order valence-corrected chi connectivity index (χ2v) is 6.88. The summed E-state index contributed by atoms with van der Waals surface area (Å²) in [5, 5.41) is 0. The van der Waals surface area contributed by atoms with E-state index < -0.39 is 33.8 Å². The highest BCUT2D eigenvalue weighted by Gasteiger charge is 2.64. The number of methoxy groups -OCH3 is 1. The van der Waals surface area contributed by atoms with Crippen LogP contribution in [0.15, 0.2) is 11.8 Å². The molecule has 1 amide bonds. The van der Waals surface area contributed by atoms with Gasteiger partial charge in [-0.25, -0.2) is 4.79 Å². The standard InChI is InChI=1S/C12H17NO7S/c1-7(2)10-13-9(14)5-8(20-21(4,16)17)12(13,6-19-10)11(15)18-3/h5,7,10H,6H2,1-4H3/t10-,12-/m1/s1. The number of rotatable bonds is 4. The summed E-state index contributed by atoms with van der Waals surface area (Å²) in [7, 11) is -2.75. The van der Waals surface area contributed by atoms with Gasteiger partial charge < -0.3 is 13.7 Å². The quantitative estimate of drug-likeness (QED) is 0.514. The van der Waals surface area contributed by atoms with Crippen molar-refractivity contribution in [1.82, 2.24) is 4.90 Å². The van der Waals surface area contributed by atoms with E-state index in [-0.39, 0.29) is 18.3 Å². The third-order valence-corrected chi connectivity index (χ3v) is 3.85. The Labute approximate surface area is 122 Å². The lowest BCUT2D eigenvalue weighted by Crippen LogP contribution is -2.56. The number of hydrogen-bond donors (Lipinski definition) is 0. The molecule has 118 valence electrons. The van der Waals surface area contributed by atoms with Crippen molar-refractivity contribution in [2.24, 2.45) is 5.92 Å². The van der Waals surface area contributed by atoms with Gasteiger partial charge in [0.15, 0.2) is 5.76 Å². The van der Waals surface area contributed by atoms with Crippen LogP contribution in [0.2, 0.25) is 0 Å². The first-order valence-corrected chi connectivity index (χ1v) is 8.10. The summed E-state index contributed by atoms with van der Waals surface area (Å²) in [6, 6.07) is 0. The Morgan fingerprint density at radius 2 is 2.14 bits per heavy atom. The second-order valence-electron chi connectivity index (χ2n) is 5.30. The molecule has 1 fully saturated rings. The topological polar surface area (TPSA) is 99.2 Å². The van der Waals surface area contributed by atoms with Crippen LogP contribution in [0.5, 0.6) is 0 Å². The molecular weight excluding hydrogens is 302 g/mol. The predicted molar refractivity (Wildman–Crippen MR) is 70.2 cm³/mol. The maximum absolute atomic E-state index is 12.2. The van der Waals surface area contributed by atoms with Gasteiger partial charge in [-0.1, -0.05) is 13.8 Å². The number of amides is 1. The fourth-order valence-electron chi connectivity index (χ4n) is 2.55. The first-order chi connectivity index (χ1) is 9.63. The smallest absolute Gasteiger partial charge is 0.342 e. The summed E-state index contributed by atoms with van der Waals surface area (Å²) >= 11 is 0. The molecule has 2 aliphatic heterocycles. The van der Waals surface area contributed by atoms with E-state index in [1.165, 1.54) is 4.90 Å². The van der Waals surface area contributed by atoms with E-state index in [2.05, 4.69) is 0 Å². The fourth-order valence-corrected chi connectivity index (χ4v) is 3.06. The molecule has 2 rings (SSSR count). The van der Waals surface area contributed by atoms with Crippen molar-refractivity contribution >= 4 is 22.0 Å². The highest BCUT2D eigenvalue weighted by Crippen LogP contribution is 2.42. The summed E-state index contributed by atoms with van der Waals surface area (Å²) in [5.41, 5.74) is -1.68. The third kappa shape index (κ3) is 2.40. The molecule has 2 atom stereocenters. The normalized spacial score (nSPS) is 28.6. The fraction of sp³-hybridized carbons (Fsp3) is 0.667. The molecule has 0 aliphatic carbocycles. The molecule has 2 heterocycles. The molecule has 0 aromatic heterocycles. The van der Waals surface area contributed by atoms with Crippen LogP contribution in [0.3, 0.4) is 0 Å². The molecule has 0 radical (unpaired) electrons. The van der Waals surface area contributed by atoms with E-state index in [9.17, 15) is 18.0 Å². The zero-order chi connectivity index (χ0) is 16.0. The molecule has 2 aliphatic rings. The number of fused-ring (bicyclic) bond motifs is 1. The summed E-state index contributed by atoms with van der Waals surface area (Å²) in [5.74, 6) is -1.72. The third-order valence-electron chi connectivity index (χ3n) is 3.36. The average molecular weight is 319 g/mol. The molecule has 0 aromatic carbocycles. The minimum Gasteiger partial charge on any atom is -0.467 e. The SMILES string of the molecule is COC(=O)[C@]12CO[C@H](C(C)C)N1C(=O)C=C2OS(C)(=O)=O. The van der Waals surface area contributed by atoms with Crippen molar-refractivity contribution in [2.45, 2.75) is 25.6 Å². The van der Waals surface area contributed by atoms with E-state index >= 15 is 0 Å². The highest BCUT2D eigenvalue weighted by molar-refractivity contribution is 7.86. The van der Waals surface area contributed by atoms with Crippen molar-refractivity contribution in [3.8, 4) is 0 Å². The van der Waals surface area contributed by atoms with Gasteiger partial charge in [0.25, 0.3) is 5.91 Å². The Hall–Kier alpha value is -1.61. The van der Waals surface area contributed by atoms with Gasteiger partial charge in [0.2, 0.25) is 5.54 Å². The van der Waals surface area contributed by atoms with Crippen molar-refractivity contribution in [3.63, 3.8) is 0 Å². The summed E-state index contributed by atoms with van der Waals surface area (Å²) < 4.78 is 37.8. The van der Waals surface area contributed by atoms with Crippen molar-refractivity contribution in [2.75, 3.05) is 20.0 Å². The van der Waals surface area contributed by atoms with Gasteiger partial charge in [-0.05, 0) is 5.92 Å². The Kier molecular flexibility index (Phi) is 3.75. The van der Waals surface area contributed by atoms with Crippen LogP contribution >= 0.6 is 0 Å². The van der Waals surface area contributed by atoms with Crippen LogP contribution in [0.1, 0.15) is 13.8 Å². The summed E-state index contributed by atoms with van der Waals surface area (Å²) in [6.07, 6.45) is 1.17. The molecule has 0 aromatic rings. The molecule has 9 heteroatoms. The van der Waals surface area contributed by atoms with Crippen molar-refractivity contribution in [3.05, 3.63) is 11.8 Å². The average Bonchev–Trinajstić information content (AvgIpc) is 2.86. The van der Waals surface area contributed by atoms with Crippen LogP contribution < -0.4 is 0 Å². The molecular formula is C12H17NO7S. The first kappa shape index (κ1) is 15.8. The number of carbonyl (C=O) groups excluding carboxylic acids is 2. The van der Waals surface area contributed by atoms with Crippen LogP contribution in [-0.2, 0) is 33.4 Å². The van der Waals surface area contributed by atoms with Gasteiger partial charge in [-0.15, -0.1) is 0 Å². The largest absolute Gasteiger partial charge is 0.467 e. The number of hydrogen-bond acceptors (Lipinski definition) is 7. The molecule has 0 saturated carbocycles. The van der Waals surface area contributed by atoms with E-state index in [0.29, 0.717) is 0 Å². The summed E-state index contributed by atoms with van der Waals surface area (Å²) in [4.78, 5) is 25.6. The lowest BCUT2D eigenvalue weighted by Gasteiger charge is -2.32. The molecule has 1 saturated heterocycles. The van der Waals surface area contributed by atoms with Gasteiger partial charge in [-0.3, -0.25) is 9.69 Å². The molecule has 0 N–H and O–H groups in total. The number of nitrogens with zero attached hydrogens (tertiary/aromatic N) is 1. The highest BCUT2D eigenvalue weighted by atomic mass is 32.2. The Morgan fingerprint density at radius 3 is 2.62 bits per heavy atom. The molecule has 0 unspecified atom stereocenters. The van der Waals surface area contributed by atoms with Gasteiger partial charge in [0.05, 0.1) is 20.0 Å². The Balaban J connectivity index is 2.51. The Bertz CT molecular complexity index is 609. The lowest BCUT2D eigenvalue weighted by atomic mass is 9.99. The summed E-state index contributed by atoms with van der Waals surface area (Å²) in [6.45, 7) is 3.43.